The molecule has 0 spiro atoms. The van der Waals surface area contributed by atoms with Crippen LogP contribution in [-0.4, -0.2) is 59.2 Å². The van der Waals surface area contributed by atoms with E-state index in [-0.39, 0.29) is 11.1 Å². The van der Waals surface area contributed by atoms with Crippen molar-refractivity contribution in [1.29, 1.82) is 0 Å². The quantitative estimate of drug-likeness (QED) is 0.393. The number of anilines is 1. The molecule has 2 N–H and O–H groups in total. The molecule has 0 unspecified atom stereocenters. The van der Waals surface area contributed by atoms with E-state index in [1.807, 2.05) is 0 Å². The minimum Gasteiger partial charge on any atom is -0.372 e. The van der Waals surface area contributed by atoms with Gasteiger partial charge < -0.3 is 15.1 Å². The number of rotatable bonds is 7. The van der Waals surface area contributed by atoms with Gasteiger partial charge in [-0.15, -0.1) is 0 Å². The van der Waals surface area contributed by atoms with Crippen LogP contribution in [-0.2, 0) is 0 Å². The van der Waals surface area contributed by atoms with Crippen molar-refractivity contribution in [3.8, 4) is 0 Å². The zero-order valence-corrected chi connectivity index (χ0v) is 18.7. The third-order valence-corrected chi connectivity index (χ3v) is 5.37. The Hall–Kier alpha value is -1.90. The van der Waals surface area contributed by atoms with E-state index < -0.39 is 71.4 Å². The van der Waals surface area contributed by atoms with Crippen LogP contribution >= 0.6 is 0 Å². The Kier molecular flexibility index (Phi) is 8.47. The van der Waals surface area contributed by atoms with Gasteiger partial charge in [-0.2, -0.15) is 52.7 Å². The maximum absolute atomic E-state index is 13.4. The van der Waals surface area contributed by atoms with Crippen molar-refractivity contribution in [1.82, 2.24) is 0 Å². The van der Waals surface area contributed by atoms with E-state index in [1.165, 1.54) is 33.8 Å². The van der Waals surface area contributed by atoms with E-state index in [0.29, 0.717) is 0 Å². The lowest BCUT2D eigenvalue weighted by molar-refractivity contribution is -0.370. The molecule has 0 fully saturated rings. The minimum atomic E-state index is -6.55. The summed E-state index contributed by atoms with van der Waals surface area (Å²) in [4.78, 5) is -0.535. The molecule has 0 aliphatic carbocycles. The molecule has 0 bridgehead atoms. The van der Waals surface area contributed by atoms with Crippen molar-refractivity contribution in [2.24, 2.45) is 0 Å². The van der Waals surface area contributed by atoms with Crippen LogP contribution in [0.4, 0.5) is 58.4 Å². The fourth-order valence-corrected chi connectivity index (χ4v) is 3.32. The fraction of sp³-hybridized carbons (Fsp3) is 0.700. The first kappa shape index (κ1) is 31.1. The summed E-state index contributed by atoms with van der Waals surface area (Å²) >= 11 is 0. The third-order valence-electron chi connectivity index (χ3n) is 5.37. The summed E-state index contributed by atoms with van der Waals surface area (Å²) in [6.45, 7) is -0.224. The molecule has 1 aromatic rings. The predicted octanol–water partition coefficient (Wildman–Crippen LogP) is 6.45. The van der Waals surface area contributed by atoms with Crippen LogP contribution in [0, 0.1) is 0 Å². The van der Waals surface area contributed by atoms with Crippen molar-refractivity contribution < 1.29 is 62.9 Å². The van der Waals surface area contributed by atoms with E-state index in [9.17, 15) is 62.9 Å². The van der Waals surface area contributed by atoms with E-state index in [0.717, 1.165) is 12.1 Å². The van der Waals surface area contributed by atoms with Gasteiger partial charge in [-0.25, -0.2) is 0 Å². The van der Waals surface area contributed by atoms with Gasteiger partial charge in [0.1, 0.15) is 0 Å². The largest absolute Gasteiger partial charge is 0.428 e. The molecule has 3 nitrogen and oxygen atoms in total. The van der Waals surface area contributed by atoms with Gasteiger partial charge in [0.2, 0.25) is 0 Å². The van der Waals surface area contributed by atoms with Gasteiger partial charge in [-0.3, -0.25) is 0 Å². The van der Waals surface area contributed by atoms with Crippen LogP contribution in [0.25, 0.3) is 0 Å². The SMILES string of the molecule is CC(C)c1cccc(C(C)C)c1N(CC(O)(C(F)(F)F)C(F)(F)F)CC(O)(C(F)(F)F)C(F)(F)F. The molecule has 0 saturated heterocycles. The highest BCUT2D eigenvalue weighted by molar-refractivity contribution is 5.63. The Labute approximate surface area is 192 Å². The second-order valence-electron chi connectivity index (χ2n) is 8.66. The van der Waals surface area contributed by atoms with E-state index in [2.05, 4.69) is 0 Å². The topological polar surface area (TPSA) is 43.7 Å². The van der Waals surface area contributed by atoms with Gasteiger partial charge in [-0.05, 0) is 23.0 Å². The van der Waals surface area contributed by atoms with Crippen LogP contribution < -0.4 is 4.90 Å². The lowest BCUT2D eigenvalue weighted by Crippen LogP contribution is -2.68. The molecule has 0 aliphatic heterocycles. The third kappa shape index (κ3) is 5.92. The zero-order valence-electron chi connectivity index (χ0n) is 18.7. The van der Waals surface area contributed by atoms with Crippen molar-refractivity contribution in [2.45, 2.75) is 75.4 Å². The number of halogens is 12. The van der Waals surface area contributed by atoms with Crippen LogP contribution in [0.1, 0.15) is 50.7 Å². The summed E-state index contributed by atoms with van der Waals surface area (Å²) in [7, 11) is 0. The van der Waals surface area contributed by atoms with Gasteiger partial charge >= 0.3 is 24.7 Å². The first-order valence-corrected chi connectivity index (χ1v) is 9.91. The summed E-state index contributed by atoms with van der Waals surface area (Å²) in [6, 6.07) is 3.46. The Morgan fingerprint density at radius 2 is 0.857 bits per heavy atom. The highest BCUT2D eigenvalue weighted by Gasteiger charge is 2.74. The number of nitrogens with zero attached hydrogens (tertiary/aromatic N) is 1. The summed E-state index contributed by atoms with van der Waals surface area (Å²) in [5, 5.41) is 19.3. The summed E-state index contributed by atoms with van der Waals surface area (Å²) in [5.74, 6) is -1.61. The Balaban J connectivity index is 4.08. The molecule has 0 aliphatic rings. The smallest absolute Gasteiger partial charge is 0.372 e. The lowest BCUT2D eigenvalue weighted by Gasteiger charge is -2.43. The second-order valence-corrected chi connectivity index (χ2v) is 8.66. The van der Waals surface area contributed by atoms with Crippen LogP contribution in [0.15, 0.2) is 18.2 Å². The van der Waals surface area contributed by atoms with Gasteiger partial charge in [0.05, 0.1) is 13.1 Å². The molecule has 15 heteroatoms. The molecule has 0 aromatic heterocycles. The summed E-state index contributed by atoms with van der Waals surface area (Å²) < 4.78 is 161. The van der Waals surface area contributed by atoms with Crippen LogP contribution in [0.5, 0.6) is 0 Å². The van der Waals surface area contributed by atoms with Gasteiger partial charge in [0.15, 0.2) is 0 Å². The van der Waals surface area contributed by atoms with Crippen molar-refractivity contribution in [3.05, 3.63) is 29.3 Å². The number of para-hydroxylation sites is 1. The fourth-order valence-electron chi connectivity index (χ4n) is 3.32. The molecule has 0 amide bonds. The van der Waals surface area contributed by atoms with Crippen molar-refractivity contribution in [3.63, 3.8) is 0 Å². The molecule has 0 atom stereocenters. The number of hydrogen-bond donors (Lipinski definition) is 2. The average molecular weight is 537 g/mol. The second kappa shape index (κ2) is 9.52. The van der Waals surface area contributed by atoms with Gasteiger partial charge in [0, 0.05) is 5.69 Å². The maximum Gasteiger partial charge on any atom is 0.428 e. The Morgan fingerprint density at radius 3 is 1.06 bits per heavy atom. The molecule has 35 heavy (non-hydrogen) atoms. The molecule has 204 valence electrons. The zero-order chi connectivity index (χ0) is 28.0. The number of hydrogen-bond acceptors (Lipinski definition) is 3. The van der Waals surface area contributed by atoms with Crippen LogP contribution in [0.2, 0.25) is 0 Å². The summed E-state index contributed by atoms with van der Waals surface area (Å²) in [6.07, 6.45) is -26.2. The highest BCUT2D eigenvalue weighted by atomic mass is 19.4. The predicted molar refractivity (Wildman–Crippen MR) is 101 cm³/mol. The standard InChI is InChI=1S/C20H23F12NO2/c1-10(2)12-6-5-7-13(11(3)4)14(12)33(8-15(34,17(21,22)23)18(24,25)26)9-16(35,19(27,28)29)20(30,31)32/h5-7,10-11,34-35H,8-9H2,1-4H3. The normalized spacial score (nSPS) is 14.7. The molecule has 0 saturated carbocycles. The Bertz CT molecular complexity index is 775. The number of benzene rings is 1. The molecular formula is C20H23F12NO2. The maximum atomic E-state index is 13.4. The van der Waals surface area contributed by atoms with E-state index in [1.54, 1.807) is 0 Å². The first-order chi connectivity index (χ1) is 15.3. The molecule has 0 radical (unpaired) electrons. The van der Waals surface area contributed by atoms with Gasteiger partial charge in [-0.1, -0.05) is 45.9 Å². The number of alkyl halides is 12. The van der Waals surface area contributed by atoms with E-state index >= 15 is 0 Å². The van der Waals surface area contributed by atoms with Crippen molar-refractivity contribution in [2.75, 3.05) is 18.0 Å². The van der Waals surface area contributed by atoms with Crippen molar-refractivity contribution >= 4 is 5.69 Å². The molecule has 1 aromatic carbocycles. The molecular weight excluding hydrogens is 514 g/mol. The highest BCUT2D eigenvalue weighted by Crippen LogP contribution is 2.49. The average Bonchev–Trinajstić information content (AvgIpc) is 2.62. The first-order valence-electron chi connectivity index (χ1n) is 9.91. The van der Waals surface area contributed by atoms with Gasteiger partial charge in [0.25, 0.3) is 11.2 Å². The Morgan fingerprint density at radius 1 is 0.600 bits per heavy atom. The minimum absolute atomic E-state index is 0.199. The monoisotopic (exact) mass is 537 g/mol. The molecule has 0 heterocycles. The van der Waals surface area contributed by atoms with E-state index in [4.69, 9.17) is 0 Å². The van der Waals surface area contributed by atoms with Crippen LogP contribution in [0.3, 0.4) is 0 Å². The lowest BCUT2D eigenvalue weighted by atomic mass is 9.89. The summed E-state index contributed by atoms with van der Waals surface area (Å²) in [5.41, 5.74) is -12.7. The number of aliphatic hydroxyl groups is 2. The molecule has 1 rings (SSSR count).